The van der Waals surface area contributed by atoms with Gasteiger partial charge in [-0.3, -0.25) is 9.59 Å². The molecule has 0 fully saturated rings. The number of rotatable bonds is 76. The van der Waals surface area contributed by atoms with Crippen LogP contribution < -0.4 is 0 Å². The molecule has 0 amide bonds. The Balaban J connectivity index is 3.95. The van der Waals surface area contributed by atoms with E-state index in [-0.39, 0.29) is 38.2 Å². The molecule has 0 saturated heterocycles. The molecule has 0 aromatic carbocycles. The Morgan fingerprint density at radius 1 is 0.295 bits per heavy atom. The minimum atomic E-state index is -1.51. The van der Waals surface area contributed by atoms with Gasteiger partial charge < -0.3 is 28.5 Å². The number of carboxylic acids is 1. The molecule has 0 aliphatic carbocycles. The molecule has 0 aromatic rings. The van der Waals surface area contributed by atoms with E-state index in [1.807, 2.05) is 21.1 Å². The zero-order valence-corrected chi connectivity index (χ0v) is 60.2. The number of quaternary nitrogens is 1. The number of unbranched alkanes of at least 4 members (excludes halogenated alkanes) is 61. The van der Waals surface area contributed by atoms with E-state index in [1.54, 1.807) is 0 Å². The van der Waals surface area contributed by atoms with Crippen molar-refractivity contribution in [2.45, 2.75) is 444 Å². The van der Waals surface area contributed by atoms with E-state index >= 15 is 0 Å². The minimum Gasteiger partial charge on any atom is -0.477 e. The number of carbonyl (C=O) groups is 3. The largest absolute Gasteiger partial charge is 0.477 e. The summed E-state index contributed by atoms with van der Waals surface area (Å²) in [5.74, 6) is -1.96. The van der Waals surface area contributed by atoms with E-state index in [0.717, 1.165) is 38.5 Å². The third kappa shape index (κ3) is 71.7. The summed E-state index contributed by atoms with van der Waals surface area (Å²) in [6.45, 7) is 4.99. The molecule has 0 bridgehead atoms. The summed E-state index contributed by atoms with van der Waals surface area (Å²) in [6, 6.07) is 0. The van der Waals surface area contributed by atoms with Crippen molar-refractivity contribution in [3.63, 3.8) is 0 Å². The van der Waals surface area contributed by atoms with E-state index < -0.39 is 18.4 Å². The molecular weight excluding hydrogens is 1090 g/mol. The lowest BCUT2D eigenvalue weighted by molar-refractivity contribution is -0.870. The summed E-state index contributed by atoms with van der Waals surface area (Å²) >= 11 is 0. The first-order valence-corrected chi connectivity index (χ1v) is 39.7. The van der Waals surface area contributed by atoms with Crippen LogP contribution in [0.4, 0.5) is 0 Å². The highest BCUT2D eigenvalue weighted by Crippen LogP contribution is 2.21. The average molecular weight is 1250 g/mol. The molecular formula is C79H156NO8+. The molecule has 9 heteroatoms. The van der Waals surface area contributed by atoms with Gasteiger partial charge in [0.25, 0.3) is 6.29 Å². The number of hydrogen-bond acceptors (Lipinski definition) is 7. The Labute approximate surface area is 549 Å². The van der Waals surface area contributed by atoms with Gasteiger partial charge in [-0.15, -0.1) is 0 Å². The number of esters is 2. The maximum absolute atomic E-state index is 13.0. The summed E-state index contributed by atoms with van der Waals surface area (Å²) < 4.78 is 23.1. The fourth-order valence-electron chi connectivity index (χ4n) is 12.6. The van der Waals surface area contributed by atoms with Gasteiger partial charge in [-0.1, -0.05) is 406 Å². The Hall–Kier alpha value is -1.71. The summed E-state index contributed by atoms with van der Waals surface area (Å²) in [7, 11) is 6.00. The normalized spacial score (nSPS) is 12.5. The molecule has 524 valence electrons. The van der Waals surface area contributed by atoms with E-state index in [0.29, 0.717) is 17.4 Å². The topological polar surface area (TPSA) is 108 Å². The number of nitrogens with zero attached hydrogens (tertiary/aromatic N) is 1. The second-order valence-corrected chi connectivity index (χ2v) is 28.7. The zero-order valence-electron chi connectivity index (χ0n) is 60.2. The van der Waals surface area contributed by atoms with Crippen molar-refractivity contribution < 1.29 is 42.9 Å². The van der Waals surface area contributed by atoms with Crippen LogP contribution in [0.2, 0.25) is 0 Å². The highest BCUT2D eigenvalue weighted by atomic mass is 16.7. The van der Waals surface area contributed by atoms with E-state index in [4.69, 9.17) is 18.9 Å². The number of likely N-dealkylation sites (N-methyl/N-ethyl adjacent to an activating group) is 1. The molecule has 0 aliphatic heterocycles. The minimum absolute atomic E-state index is 0.172. The highest BCUT2D eigenvalue weighted by molar-refractivity contribution is 5.71. The fraction of sp³-hybridized carbons (Fsp3) is 0.962. The molecule has 2 atom stereocenters. The Morgan fingerprint density at radius 3 is 0.727 bits per heavy atom. The second kappa shape index (κ2) is 71.1. The van der Waals surface area contributed by atoms with Crippen LogP contribution in [0.1, 0.15) is 431 Å². The molecule has 0 saturated carbocycles. The van der Waals surface area contributed by atoms with Crippen molar-refractivity contribution in [3.8, 4) is 0 Å². The van der Waals surface area contributed by atoms with Crippen LogP contribution >= 0.6 is 0 Å². The van der Waals surface area contributed by atoms with E-state index in [9.17, 15) is 19.5 Å². The summed E-state index contributed by atoms with van der Waals surface area (Å²) in [4.78, 5) is 37.7. The second-order valence-electron chi connectivity index (χ2n) is 28.7. The summed E-state index contributed by atoms with van der Waals surface area (Å²) in [6.07, 6.45) is 84.1. The van der Waals surface area contributed by atoms with Gasteiger partial charge in [-0.25, -0.2) is 4.79 Å². The molecule has 88 heavy (non-hydrogen) atoms. The molecule has 2 unspecified atom stereocenters. The molecule has 9 nitrogen and oxygen atoms in total. The van der Waals surface area contributed by atoms with Crippen molar-refractivity contribution in [2.24, 2.45) is 0 Å². The van der Waals surface area contributed by atoms with E-state index in [2.05, 4.69) is 13.8 Å². The standard InChI is InChI=1S/C79H155NO8/c1-6-8-10-12-14-16-18-20-22-24-26-28-30-32-34-36-37-38-39-40-41-42-44-46-48-50-52-54-56-58-60-62-64-66-68-70-77(82)88-75(74-87-79(78(83)84)85-72-71-80(3,4)5)73-86-76(81)69-67-65-63-61-59-57-55-53-51-49-47-45-43-35-33-31-29-27-25-23-21-19-17-15-13-11-9-7-2/h75,79H,6-74H2,1-5H3/p+1. The number of hydrogen-bond donors (Lipinski definition) is 1. The molecule has 0 aliphatic rings. The zero-order chi connectivity index (χ0) is 64.0. The van der Waals surface area contributed by atoms with Crippen molar-refractivity contribution >= 4 is 17.9 Å². The summed E-state index contributed by atoms with van der Waals surface area (Å²) in [5.41, 5.74) is 0. The lowest BCUT2D eigenvalue weighted by Gasteiger charge is -2.25. The van der Waals surface area contributed by atoms with Gasteiger partial charge >= 0.3 is 17.9 Å². The van der Waals surface area contributed by atoms with Gasteiger partial charge in [0.15, 0.2) is 6.10 Å². The first kappa shape index (κ1) is 86.3. The van der Waals surface area contributed by atoms with Gasteiger partial charge in [0.2, 0.25) is 0 Å². The van der Waals surface area contributed by atoms with Crippen LogP contribution in [0, 0.1) is 0 Å². The molecule has 0 spiro atoms. The number of aliphatic carboxylic acids is 1. The third-order valence-corrected chi connectivity index (χ3v) is 18.6. The maximum atomic E-state index is 13.0. The lowest BCUT2D eigenvalue weighted by Crippen LogP contribution is -2.40. The third-order valence-electron chi connectivity index (χ3n) is 18.6. The molecule has 1 N–H and O–H groups in total. The maximum Gasteiger partial charge on any atom is 0.361 e. The average Bonchev–Trinajstić information content (AvgIpc) is 3.54. The Kier molecular flexibility index (Phi) is 69.8. The Morgan fingerprint density at radius 2 is 0.511 bits per heavy atom. The van der Waals surface area contributed by atoms with Crippen LogP contribution in [-0.2, 0) is 33.3 Å². The number of carbonyl (C=O) groups excluding carboxylic acids is 2. The van der Waals surface area contributed by atoms with Crippen LogP contribution in [0.25, 0.3) is 0 Å². The van der Waals surface area contributed by atoms with Gasteiger partial charge in [0.1, 0.15) is 13.2 Å². The molecule has 0 radical (unpaired) electrons. The van der Waals surface area contributed by atoms with Crippen molar-refractivity contribution in [2.75, 3.05) is 47.5 Å². The van der Waals surface area contributed by atoms with Gasteiger partial charge in [-0.2, -0.15) is 0 Å². The van der Waals surface area contributed by atoms with Crippen LogP contribution in [0.5, 0.6) is 0 Å². The van der Waals surface area contributed by atoms with E-state index in [1.165, 1.54) is 366 Å². The predicted octanol–water partition coefficient (Wildman–Crippen LogP) is 25.0. The highest BCUT2D eigenvalue weighted by Gasteiger charge is 2.25. The monoisotopic (exact) mass is 1250 g/mol. The van der Waals surface area contributed by atoms with Gasteiger partial charge in [0.05, 0.1) is 34.4 Å². The smallest absolute Gasteiger partial charge is 0.361 e. The predicted molar refractivity (Wildman–Crippen MR) is 379 cm³/mol. The molecule has 0 aromatic heterocycles. The quantitative estimate of drug-likeness (QED) is 0.0278. The first-order chi connectivity index (χ1) is 43.1. The van der Waals surface area contributed by atoms with Crippen LogP contribution in [0.15, 0.2) is 0 Å². The number of ether oxygens (including phenoxy) is 4. The Bertz CT molecular complexity index is 1400. The van der Waals surface area contributed by atoms with Crippen molar-refractivity contribution in [1.82, 2.24) is 0 Å². The molecule has 0 heterocycles. The van der Waals surface area contributed by atoms with Crippen LogP contribution in [-0.4, -0.2) is 87.4 Å². The number of carboxylic acid groups (broad SMARTS) is 1. The van der Waals surface area contributed by atoms with Crippen molar-refractivity contribution in [1.29, 1.82) is 0 Å². The summed E-state index contributed by atoms with van der Waals surface area (Å²) in [5, 5.41) is 9.77. The van der Waals surface area contributed by atoms with Gasteiger partial charge in [-0.05, 0) is 12.8 Å². The van der Waals surface area contributed by atoms with Gasteiger partial charge in [0, 0.05) is 12.8 Å². The first-order valence-electron chi connectivity index (χ1n) is 39.7. The lowest BCUT2D eigenvalue weighted by atomic mass is 10.0. The van der Waals surface area contributed by atoms with Crippen molar-refractivity contribution in [3.05, 3.63) is 0 Å². The SMILES string of the molecule is CCCCCCCCCCCCCCCCCCCCCCCCCCCCCCCCCCCCCC(=O)OC(COC(=O)CCCCCCCCCCCCCCCCCCCCCCCCCCCCCC)COC(OCC[N+](C)(C)C)C(=O)O. The fourth-order valence-corrected chi connectivity index (χ4v) is 12.6. The molecule has 0 rings (SSSR count). The van der Waals surface area contributed by atoms with Crippen LogP contribution in [0.3, 0.4) is 0 Å².